The van der Waals surface area contributed by atoms with Crippen LogP contribution in [0.5, 0.6) is 0 Å². The minimum atomic E-state index is -4.42. The second-order valence-electron chi connectivity index (χ2n) is 4.14. The van der Waals surface area contributed by atoms with E-state index in [-0.39, 0.29) is 12.1 Å². The van der Waals surface area contributed by atoms with Gasteiger partial charge in [-0.15, -0.1) is 0 Å². The normalized spacial score (nSPS) is 13.2. The minimum absolute atomic E-state index is 0.0569. The zero-order chi connectivity index (χ0) is 13.9. The molecule has 1 atom stereocenters. The first-order valence-corrected chi connectivity index (χ1v) is 5.39. The highest BCUT2D eigenvalue weighted by Gasteiger charge is 2.33. The molecule has 0 radical (unpaired) electrons. The van der Waals surface area contributed by atoms with Crippen LogP contribution in [-0.4, -0.2) is 23.9 Å². The van der Waals surface area contributed by atoms with Crippen molar-refractivity contribution in [3.8, 4) is 0 Å². The van der Waals surface area contributed by atoms with E-state index in [1.165, 1.54) is 37.1 Å². The molecule has 1 unspecified atom stereocenters. The van der Waals surface area contributed by atoms with Gasteiger partial charge >= 0.3 is 6.18 Å². The van der Waals surface area contributed by atoms with Gasteiger partial charge in [0.15, 0.2) is 0 Å². The van der Waals surface area contributed by atoms with E-state index in [9.17, 15) is 18.0 Å². The number of benzene rings is 1. The Bertz CT molecular complexity index is 430. The maximum absolute atomic E-state index is 12.7. The van der Waals surface area contributed by atoms with Gasteiger partial charge in [0, 0.05) is 13.6 Å². The molecular weight excluding hydrogens is 245 g/mol. The summed E-state index contributed by atoms with van der Waals surface area (Å²) < 4.78 is 38.2. The molecule has 0 aliphatic heterocycles. The van der Waals surface area contributed by atoms with Crippen LogP contribution in [0.3, 0.4) is 0 Å². The maximum atomic E-state index is 12.7. The van der Waals surface area contributed by atoms with Crippen molar-refractivity contribution in [3.63, 3.8) is 0 Å². The molecule has 0 aromatic heterocycles. The van der Waals surface area contributed by atoms with Gasteiger partial charge in [-0.2, -0.15) is 13.2 Å². The summed E-state index contributed by atoms with van der Waals surface area (Å²) in [6.45, 7) is 1.38. The third-order valence-corrected chi connectivity index (χ3v) is 2.50. The van der Waals surface area contributed by atoms with E-state index in [4.69, 9.17) is 5.73 Å². The molecule has 0 saturated heterocycles. The Kier molecular flexibility index (Phi) is 4.34. The molecule has 1 rings (SSSR count). The van der Waals surface area contributed by atoms with Crippen LogP contribution in [0.15, 0.2) is 24.3 Å². The van der Waals surface area contributed by atoms with Gasteiger partial charge in [-0.1, -0.05) is 18.2 Å². The van der Waals surface area contributed by atoms with E-state index >= 15 is 0 Å². The molecule has 1 aromatic carbocycles. The van der Waals surface area contributed by atoms with Crippen LogP contribution in [0.2, 0.25) is 0 Å². The summed E-state index contributed by atoms with van der Waals surface area (Å²) in [6, 6.07) is 4.45. The van der Waals surface area contributed by atoms with Gasteiger partial charge in [0.05, 0.1) is 11.6 Å². The van der Waals surface area contributed by atoms with Crippen LogP contribution in [0.1, 0.15) is 18.1 Å². The highest BCUT2D eigenvalue weighted by Crippen LogP contribution is 2.32. The molecule has 0 aliphatic carbocycles. The van der Waals surface area contributed by atoms with Gasteiger partial charge < -0.3 is 10.6 Å². The third-order valence-electron chi connectivity index (χ3n) is 2.50. The van der Waals surface area contributed by atoms with Crippen molar-refractivity contribution in [2.45, 2.75) is 25.7 Å². The predicted octanol–water partition coefficient (Wildman–Crippen LogP) is 2.01. The Hall–Kier alpha value is -1.56. The van der Waals surface area contributed by atoms with Gasteiger partial charge in [0.2, 0.25) is 5.91 Å². The van der Waals surface area contributed by atoms with Crippen molar-refractivity contribution in [2.75, 3.05) is 7.05 Å². The average molecular weight is 260 g/mol. The largest absolute Gasteiger partial charge is 0.416 e. The van der Waals surface area contributed by atoms with E-state index in [2.05, 4.69) is 0 Å². The first-order chi connectivity index (χ1) is 8.23. The first kappa shape index (κ1) is 14.5. The zero-order valence-electron chi connectivity index (χ0n) is 10.2. The van der Waals surface area contributed by atoms with Crippen LogP contribution in [0.4, 0.5) is 13.2 Å². The summed E-state index contributed by atoms with van der Waals surface area (Å²) in [6.07, 6.45) is -4.42. The molecule has 1 aromatic rings. The van der Waals surface area contributed by atoms with Gasteiger partial charge in [-0.05, 0) is 18.6 Å². The molecule has 1 amide bonds. The molecular formula is C12H15F3N2O. The molecule has 18 heavy (non-hydrogen) atoms. The highest BCUT2D eigenvalue weighted by atomic mass is 19.4. The lowest BCUT2D eigenvalue weighted by Gasteiger charge is -2.21. The summed E-state index contributed by atoms with van der Waals surface area (Å²) in [5, 5.41) is 0. The molecule has 3 nitrogen and oxygen atoms in total. The molecule has 0 heterocycles. The molecule has 0 spiro atoms. The summed E-state index contributed by atoms with van der Waals surface area (Å²) in [5.41, 5.74) is 4.73. The fourth-order valence-corrected chi connectivity index (χ4v) is 1.62. The molecule has 0 fully saturated rings. The van der Waals surface area contributed by atoms with Crippen molar-refractivity contribution in [1.29, 1.82) is 0 Å². The molecule has 0 bridgehead atoms. The standard InChI is InChI=1S/C12H15F3N2O/c1-8(16)11(18)17(2)7-9-5-3-4-6-10(9)12(13,14)15/h3-6,8H,7,16H2,1-2H3. The summed E-state index contributed by atoms with van der Waals surface area (Å²) in [4.78, 5) is 12.7. The summed E-state index contributed by atoms with van der Waals surface area (Å²) in [7, 11) is 1.43. The number of amides is 1. The number of alkyl halides is 3. The quantitative estimate of drug-likeness (QED) is 0.903. The molecule has 0 saturated carbocycles. The van der Waals surface area contributed by atoms with E-state index < -0.39 is 23.7 Å². The number of halogens is 3. The third kappa shape index (κ3) is 3.46. The van der Waals surface area contributed by atoms with Crippen molar-refractivity contribution in [2.24, 2.45) is 5.73 Å². The first-order valence-electron chi connectivity index (χ1n) is 5.39. The lowest BCUT2D eigenvalue weighted by atomic mass is 10.1. The molecule has 6 heteroatoms. The summed E-state index contributed by atoms with van der Waals surface area (Å²) >= 11 is 0. The SMILES string of the molecule is CC(N)C(=O)N(C)Cc1ccccc1C(F)(F)F. The van der Waals surface area contributed by atoms with Crippen LogP contribution in [0, 0.1) is 0 Å². The minimum Gasteiger partial charge on any atom is -0.340 e. The Morgan fingerprint density at radius 1 is 1.39 bits per heavy atom. The van der Waals surface area contributed by atoms with Crippen molar-refractivity contribution in [1.82, 2.24) is 4.90 Å². The number of nitrogens with zero attached hydrogens (tertiary/aromatic N) is 1. The Balaban J connectivity index is 2.95. The number of hydrogen-bond acceptors (Lipinski definition) is 2. The Labute approximate surface area is 103 Å². The number of nitrogens with two attached hydrogens (primary N) is 1. The lowest BCUT2D eigenvalue weighted by Crippen LogP contribution is -2.39. The molecule has 100 valence electrons. The van der Waals surface area contributed by atoms with Gasteiger partial charge in [0.25, 0.3) is 0 Å². The number of hydrogen-bond donors (Lipinski definition) is 1. The van der Waals surface area contributed by atoms with E-state index in [1.54, 1.807) is 0 Å². The number of carbonyl (C=O) groups excluding carboxylic acids is 1. The van der Waals surface area contributed by atoms with E-state index in [0.717, 1.165) is 6.07 Å². The Morgan fingerprint density at radius 2 is 1.94 bits per heavy atom. The van der Waals surface area contributed by atoms with Crippen LogP contribution < -0.4 is 5.73 Å². The summed E-state index contributed by atoms with van der Waals surface area (Å²) in [5.74, 6) is -0.396. The fraction of sp³-hybridized carbons (Fsp3) is 0.417. The number of carbonyl (C=O) groups is 1. The van der Waals surface area contributed by atoms with E-state index in [1.807, 2.05) is 0 Å². The van der Waals surface area contributed by atoms with Crippen molar-refractivity contribution in [3.05, 3.63) is 35.4 Å². The Morgan fingerprint density at radius 3 is 2.44 bits per heavy atom. The van der Waals surface area contributed by atoms with Crippen LogP contribution >= 0.6 is 0 Å². The number of rotatable bonds is 3. The number of likely N-dealkylation sites (N-methyl/N-ethyl adjacent to an activating group) is 1. The van der Waals surface area contributed by atoms with Crippen molar-refractivity contribution < 1.29 is 18.0 Å². The van der Waals surface area contributed by atoms with Crippen molar-refractivity contribution >= 4 is 5.91 Å². The fourth-order valence-electron chi connectivity index (χ4n) is 1.62. The van der Waals surface area contributed by atoms with Gasteiger partial charge in [-0.3, -0.25) is 4.79 Å². The zero-order valence-corrected chi connectivity index (χ0v) is 10.2. The lowest BCUT2D eigenvalue weighted by molar-refractivity contribution is -0.139. The van der Waals surface area contributed by atoms with Gasteiger partial charge in [-0.25, -0.2) is 0 Å². The van der Waals surface area contributed by atoms with Gasteiger partial charge in [0.1, 0.15) is 0 Å². The second-order valence-corrected chi connectivity index (χ2v) is 4.14. The highest BCUT2D eigenvalue weighted by molar-refractivity contribution is 5.80. The smallest absolute Gasteiger partial charge is 0.340 e. The monoisotopic (exact) mass is 260 g/mol. The van der Waals surface area contributed by atoms with Crippen LogP contribution in [-0.2, 0) is 17.5 Å². The van der Waals surface area contributed by atoms with Crippen LogP contribution in [0.25, 0.3) is 0 Å². The maximum Gasteiger partial charge on any atom is 0.416 e. The predicted molar refractivity (Wildman–Crippen MR) is 61.6 cm³/mol. The topological polar surface area (TPSA) is 46.3 Å². The average Bonchev–Trinajstić information content (AvgIpc) is 2.27. The second kappa shape index (κ2) is 5.39. The van der Waals surface area contributed by atoms with E-state index in [0.29, 0.717) is 0 Å². The molecule has 2 N–H and O–H groups in total. The molecule has 0 aliphatic rings.